The molecule has 1 N–H and O–H groups in total. The maximum atomic E-state index is 10.5. The molecule has 4 nitrogen and oxygen atoms in total. The predicted molar refractivity (Wildman–Crippen MR) is 60.6 cm³/mol. The first kappa shape index (κ1) is 10.7. The summed E-state index contributed by atoms with van der Waals surface area (Å²) in [7, 11) is 0. The van der Waals surface area contributed by atoms with E-state index in [9.17, 15) is 4.79 Å². The van der Waals surface area contributed by atoms with Gasteiger partial charge in [0, 0.05) is 18.3 Å². The summed E-state index contributed by atoms with van der Waals surface area (Å²) in [6.07, 6.45) is 2.63. The normalized spacial score (nSPS) is 10.9. The third kappa shape index (κ3) is 1.91. The predicted octanol–water partition coefficient (Wildman–Crippen LogP) is 1.97. The molecule has 2 rings (SSSR count). The van der Waals surface area contributed by atoms with Crippen molar-refractivity contribution in [1.29, 1.82) is 0 Å². The van der Waals surface area contributed by atoms with Gasteiger partial charge in [0.05, 0.1) is 12.1 Å². The van der Waals surface area contributed by atoms with Gasteiger partial charge in [-0.15, -0.1) is 0 Å². The zero-order chi connectivity index (χ0) is 11.7. The molecule has 0 saturated heterocycles. The van der Waals surface area contributed by atoms with Crippen LogP contribution in [0, 0.1) is 13.8 Å². The Kier molecular flexibility index (Phi) is 2.64. The highest BCUT2D eigenvalue weighted by atomic mass is 16.4. The lowest BCUT2D eigenvalue weighted by molar-refractivity contribution is -0.136. The van der Waals surface area contributed by atoms with Crippen LogP contribution < -0.4 is 0 Å². The summed E-state index contributed by atoms with van der Waals surface area (Å²) in [6.45, 7) is 3.99. The van der Waals surface area contributed by atoms with Crippen LogP contribution in [0.25, 0.3) is 5.65 Å². The van der Waals surface area contributed by atoms with E-state index in [-0.39, 0.29) is 6.42 Å². The minimum Gasteiger partial charge on any atom is -0.481 e. The lowest BCUT2D eigenvalue weighted by Gasteiger charge is -1.98. The second-order valence-corrected chi connectivity index (χ2v) is 3.97. The summed E-state index contributed by atoms with van der Waals surface area (Å²) in [4.78, 5) is 14.9. The van der Waals surface area contributed by atoms with E-state index in [1.54, 1.807) is 0 Å². The molecule has 0 fully saturated rings. The zero-order valence-corrected chi connectivity index (χ0v) is 9.40. The number of aryl methyl sites for hydroxylation is 3. The molecule has 0 unspecified atom stereocenters. The van der Waals surface area contributed by atoms with E-state index in [2.05, 4.69) is 4.98 Å². The quantitative estimate of drug-likeness (QED) is 0.856. The third-order valence-corrected chi connectivity index (χ3v) is 2.68. The molecule has 0 bridgehead atoms. The summed E-state index contributed by atoms with van der Waals surface area (Å²) < 4.78 is 2.01. The fraction of sp³-hybridized carbons (Fsp3) is 0.333. The van der Waals surface area contributed by atoms with Crippen molar-refractivity contribution in [2.75, 3.05) is 0 Å². The minimum absolute atomic E-state index is 0.129. The summed E-state index contributed by atoms with van der Waals surface area (Å²) >= 11 is 0. The molecule has 0 aliphatic carbocycles. The fourth-order valence-electron chi connectivity index (χ4n) is 1.78. The molecule has 2 aromatic heterocycles. The monoisotopic (exact) mass is 218 g/mol. The molecule has 0 saturated carbocycles. The molecule has 0 aliphatic rings. The van der Waals surface area contributed by atoms with Crippen molar-refractivity contribution >= 4 is 11.6 Å². The van der Waals surface area contributed by atoms with Gasteiger partial charge in [-0.25, -0.2) is 4.98 Å². The number of carbonyl (C=O) groups is 1. The van der Waals surface area contributed by atoms with E-state index in [0.717, 1.165) is 22.6 Å². The smallest absolute Gasteiger partial charge is 0.303 e. The van der Waals surface area contributed by atoms with E-state index in [4.69, 9.17) is 5.11 Å². The SMILES string of the molecule is Cc1ccc2nc(CCC(=O)O)c(C)n2c1. The van der Waals surface area contributed by atoms with Crippen molar-refractivity contribution in [2.24, 2.45) is 0 Å². The molecule has 16 heavy (non-hydrogen) atoms. The highest BCUT2D eigenvalue weighted by molar-refractivity contribution is 5.67. The number of aliphatic carboxylic acids is 1. The second-order valence-electron chi connectivity index (χ2n) is 3.97. The standard InChI is InChI=1S/C12H14N2O2/c1-8-3-5-11-13-10(4-6-12(15)16)9(2)14(11)7-8/h3,5,7H,4,6H2,1-2H3,(H,15,16). The molecule has 0 atom stereocenters. The van der Waals surface area contributed by atoms with Crippen molar-refractivity contribution in [2.45, 2.75) is 26.7 Å². The van der Waals surface area contributed by atoms with Crippen LogP contribution in [-0.4, -0.2) is 20.5 Å². The minimum atomic E-state index is -0.785. The number of pyridine rings is 1. The number of aromatic nitrogens is 2. The van der Waals surface area contributed by atoms with Gasteiger partial charge >= 0.3 is 5.97 Å². The topological polar surface area (TPSA) is 54.6 Å². The van der Waals surface area contributed by atoms with Gasteiger partial charge in [0.1, 0.15) is 5.65 Å². The van der Waals surface area contributed by atoms with Gasteiger partial charge in [-0.05, 0) is 25.5 Å². The highest BCUT2D eigenvalue weighted by Gasteiger charge is 2.09. The van der Waals surface area contributed by atoms with Crippen molar-refractivity contribution in [3.63, 3.8) is 0 Å². The third-order valence-electron chi connectivity index (χ3n) is 2.68. The molecule has 2 heterocycles. The van der Waals surface area contributed by atoms with Gasteiger partial charge in [0.25, 0.3) is 0 Å². The zero-order valence-electron chi connectivity index (χ0n) is 9.40. The molecule has 2 aromatic rings. The Balaban J connectivity index is 2.40. The fourth-order valence-corrected chi connectivity index (χ4v) is 1.78. The number of carboxylic acid groups (broad SMARTS) is 1. The number of fused-ring (bicyclic) bond motifs is 1. The molecule has 84 valence electrons. The Hall–Kier alpha value is -1.84. The van der Waals surface area contributed by atoms with E-state index >= 15 is 0 Å². The molecule has 0 amide bonds. The Morgan fingerprint density at radius 3 is 2.88 bits per heavy atom. The van der Waals surface area contributed by atoms with Gasteiger partial charge in [0.15, 0.2) is 0 Å². The highest BCUT2D eigenvalue weighted by Crippen LogP contribution is 2.14. The van der Waals surface area contributed by atoms with Crippen LogP contribution in [0.5, 0.6) is 0 Å². The summed E-state index contributed by atoms with van der Waals surface area (Å²) in [5.41, 5.74) is 3.94. The van der Waals surface area contributed by atoms with E-state index in [1.165, 1.54) is 0 Å². The first-order chi connectivity index (χ1) is 7.58. The van der Waals surface area contributed by atoms with Gasteiger partial charge in [-0.1, -0.05) is 6.07 Å². The first-order valence-corrected chi connectivity index (χ1v) is 5.24. The maximum Gasteiger partial charge on any atom is 0.303 e. The largest absolute Gasteiger partial charge is 0.481 e. The molecule has 0 aliphatic heterocycles. The number of hydrogen-bond acceptors (Lipinski definition) is 2. The number of nitrogens with zero attached hydrogens (tertiary/aromatic N) is 2. The molecule has 0 spiro atoms. The van der Waals surface area contributed by atoms with Gasteiger partial charge in [-0.2, -0.15) is 0 Å². The Morgan fingerprint density at radius 1 is 1.44 bits per heavy atom. The second kappa shape index (κ2) is 3.96. The van der Waals surface area contributed by atoms with Crippen LogP contribution in [0.15, 0.2) is 18.3 Å². The van der Waals surface area contributed by atoms with Gasteiger partial charge < -0.3 is 9.51 Å². The average Bonchev–Trinajstić information content (AvgIpc) is 2.53. The Morgan fingerprint density at radius 2 is 2.19 bits per heavy atom. The lowest BCUT2D eigenvalue weighted by atomic mass is 10.2. The van der Waals surface area contributed by atoms with Gasteiger partial charge in [-0.3, -0.25) is 4.79 Å². The Labute approximate surface area is 93.5 Å². The van der Waals surface area contributed by atoms with Gasteiger partial charge in [0.2, 0.25) is 0 Å². The maximum absolute atomic E-state index is 10.5. The van der Waals surface area contributed by atoms with Crippen LogP contribution in [-0.2, 0) is 11.2 Å². The summed E-state index contributed by atoms with van der Waals surface area (Å²) in [6, 6.07) is 3.95. The molecular formula is C12H14N2O2. The average molecular weight is 218 g/mol. The van der Waals surface area contributed by atoms with E-state index in [0.29, 0.717) is 6.42 Å². The van der Waals surface area contributed by atoms with Crippen molar-refractivity contribution < 1.29 is 9.90 Å². The van der Waals surface area contributed by atoms with Crippen molar-refractivity contribution in [1.82, 2.24) is 9.38 Å². The van der Waals surface area contributed by atoms with Crippen molar-refractivity contribution in [3.8, 4) is 0 Å². The molecule has 0 radical (unpaired) electrons. The van der Waals surface area contributed by atoms with Crippen LogP contribution in [0.4, 0.5) is 0 Å². The van der Waals surface area contributed by atoms with Crippen LogP contribution in [0.1, 0.15) is 23.4 Å². The molecular weight excluding hydrogens is 204 g/mol. The number of hydrogen-bond donors (Lipinski definition) is 1. The van der Waals surface area contributed by atoms with Crippen LogP contribution >= 0.6 is 0 Å². The summed E-state index contributed by atoms with van der Waals surface area (Å²) in [5.74, 6) is -0.785. The van der Waals surface area contributed by atoms with Crippen LogP contribution in [0.2, 0.25) is 0 Å². The molecule has 4 heteroatoms. The number of carboxylic acids is 1. The number of imidazole rings is 1. The number of rotatable bonds is 3. The Bertz CT molecular complexity index is 543. The lowest BCUT2D eigenvalue weighted by Crippen LogP contribution is -1.99. The van der Waals surface area contributed by atoms with E-state index in [1.807, 2.05) is 36.6 Å². The molecule has 0 aromatic carbocycles. The van der Waals surface area contributed by atoms with Crippen LogP contribution in [0.3, 0.4) is 0 Å². The summed E-state index contributed by atoms with van der Waals surface area (Å²) in [5, 5.41) is 8.65. The van der Waals surface area contributed by atoms with Crippen molar-refractivity contribution in [3.05, 3.63) is 35.3 Å². The van der Waals surface area contributed by atoms with E-state index < -0.39 is 5.97 Å². The first-order valence-electron chi connectivity index (χ1n) is 5.24.